The van der Waals surface area contributed by atoms with Crippen molar-refractivity contribution in [3.63, 3.8) is 0 Å². The predicted octanol–water partition coefficient (Wildman–Crippen LogP) is 3.29. The summed E-state index contributed by atoms with van der Waals surface area (Å²) in [6, 6.07) is 4.40. The zero-order chi connectivity index (χ0) is 19.6. The van der Waals surface area contributed by atoms with Crippen LogP contribution in [0.25, 0.3) is 0 Å². The van der Waals surface area contributed by atoms with Crippen LogP contribution in [-0.4, -0.2) is 56.8 Å². The molecule has 1 fully saturated rings. The first-order valence-corrected chi connectivity index (χ1v) is 10.3. The Kier molecular flexibility index (Phi) is 9.01. The Labute approximate surface area is 168 Å². The summed E-state index contributed by atoms with van der Waals surface area (Å²) in [5.74, 6) is 2.04. The van der Waals surface area contributed by atoms with E-state index in [9.17, 15) is 0 Å². The van der Waals surface area contributed by atoms with Gasteiger partial charge in [0.2, 0.25) is 0 Å². The third-order valence-corrected chi connectivity index (χ3v) is 5.03. The van der Waals surface area contributed by atoms with Gasteiger partial charge in [0.1, 0.15) is 0 Å². The molecule has 152 valence electrons. The maximum Gasteiger partial charge on any atom is 0.191 e. The number of benzene rings is 1. The molecule has 27 heavy (non-hydrogen) atoms. The van der Waals surface area contributed by atoms with E-state index in [4.69, 9.17) is 26.1 Å². The lowest BCUT2D eigenvalue weighted by Crippen LogP contribution is -2.44. The SMILES string of the molecule is CCNC(=NCc1cc(Cl)c(OCC)c(OC)c1)NCC1CCCN1CC. The summed E-state index contributed by atoms with van der Waals surface area (Å²) in [4.78, 5) is 7.23. The normalized spacial score (nSPS) is 17.8. The summed E-state index contributed by atoms with van der Waals surface area (Å²) in [5.41, 5.74) is 0.980. The molecule has 0 bridgehead atoms. The lowest BCUT2D eigenvalue weighted by molar-refractivity contribution is 0.267. The highest BCUT2D eigenvalue weighted by Crippen LogP contribution is 2.36. The average Bonchev–Trinajstić information content (AvgIpc) is 3.13. The van der Waals surface area contributed by atoms with Crippen LogP contribution in [0.15, 0.2) is 17.1 Å². The van der Waals surface area contributed by atoms with Crippen LogP contribution < -0.4 is 20.1 Å². The van der Waals surface area contributed by atoms with Gasteiger partial charge in [0.25, 0.3) is 0 Å². The van der Waals surface area contributed by atoms with Gasteiger partial charge >= 0.3 is 0 Å². The molecule has 7 heteroatoms. The Morgan fingerprint density at radius 3 is 2.78 bits per heavy atom. The smallest absolute Gasteiger partial charge is 0.191 e. The third-order valence-electron chi connectivity index (χ3n) is 4.75. The van der Waals surface area contributed by atoms with Crippen LogP contribution in [0.5, 0.6) is 11.5 Å². The minimum atomic E-state index is 0.514. The van der Waals surface area contributed by atoms with E-state index in [1.54, 1.807) is 7.11 Å². The molecule has 1 aromatic rings. The van der Waals surface area contributed by atoms with E-state index >= 15 is 0 Å². The van der Waals surface area contributed by atoms with E-state index in [0.717, 1.165) is 31.2 Å². The summed E-state index contributed by atoms with van der Waals surface area (Å²) in [6.07, 6.45) is 2.52. The zero-order valence-corrected chi connectivity index (χ0v) is 17.7. The second-order valence-electron chi connectivity index (χ2n) is 6.54. The topological polar surface area (TPSA) is 58.1 Å². The van der Waals surface area contributed by atoms with Crippen molar-refractivity contribution in [1.29, 1.82) is 0 Å². The molecule has 0 spiro atoms. The van der Waals surface area contributed by atoms with Gasteiger partial charge in [0.05, 0.1) is 25.3 Å². The van der Waals surface area contributed by atoms with Crippen LogP contribution in [0.4, 0.5) is 0 Å². The highest BCUT2D eigenvalue weighted by Gasteiger charge is 2.22. The molecular formula is C20H33ClN4O2. The Balaban J connectivity index is 2.04. The Hall–Kier alpha value is -1.66. The largest absolute Gasteiger partial charge is 0.493 e. The molecule has 2 N–H and O–H groups in total. The lowest BCUT2D eigenvalue weighted by Gasteiger charge is -2.24. The number of aliphatic imine (C=N–C) groups is 1. The highest BCUT2D eigenvalue weighted by atomic mass is 35.5. The number of likely N-dealkylation sites (N-methyl/N-ethyl adjacent to an activating group) is 1. The monoisotopic (exact) mass is 396 g/mol. The number of nitrogens with zero attached hydrogens (tertiary/aromatic N) is 2. The first-order chi connectivity index (χ1) is 13.1. The fraction of sp³-hybridized carbons (Fsp3) is 0.650. The average molecular weight is 397 g/mol. The molecule has 1 saturated heterocycles. The molecule has 0 aromatic heterocycles. The molecule has 1 unspecified atom stereocenters. The summed E-state index contributed by atoms with van der Waals surface area (Å²) >= 11 is 6.36. The van der Waals surface area contributed by atoms with Gasteiger partial charge in [0, 0.05) is 19.1 Å². The van der Waals surface area contributed by atoms with Gasteiger partial charge in [-0.15, -0.1) is 0 Å². The number of ether oxygens (including phenoxy) is 2. The Morgan fingerprint density at radius 2 is 2.11 bits per heavy atom. The van der Waals surface area contributed by atoms with E-state index < -0.39 is 0 Å². The van der Waals surface area contributed by atoms with Crippen molar-refractivity contribution in [1.82, 2.24) is 15.5 Å². The predicted molar refractivity (Wildman–Crippen MR) is 112 cm³/mol. The molecule has 2 rings (SSSR count). The highest BCUT2D eigenvalue weighted by molar-refractivity contribution is 6.32. The summed E-state index contributed by atoms with van der Waals surface area (Å²) in [5, 5.41) is 7.34. The van der Waals surface area contributed by atoms with Crippen molar-refractivity contribution >= 4 is 17.6 Å². The molecule has 0 aliphatic carbocycles. The summed E-state index contributed by atoms with van der Waals surface area (Å²) < 4.78 is 11.0. The first-order valence-electron chi connectivity index (χ1n) is 9.88. The van der Waals surface area contributed by atoms with Crippen molar-refractivity contribution in [2.45, 2.75) is 46.2 Å². The third kappa shape index (κ3) is 6.18. The lowest BCUT2D eigenvalue weighted by atomic mass is 10.2. The molecule has 0 amide bonds. The maximum absolute atomic E-state index is 6.36. The first kappa shape index (κ1) is 21.6. The molecule has 0 saturated carbocycles. The van der Waals surface area contributed by atoms with Crippen LogP contribution in [0, 0.1) is 0 Å². The molecule has 1 aliphatic heterocycles. The molecule has 1 aliphatic rings. The van der Waals surface area contributed by atoms with Crippen LogP contribution in [-0.2, 0) is 6.54 Å². The Bertz CT molecular complexity index is 624. The number of likely N-dealkylation sites (tertiary alicyclic amines) is 1. The summed E-state index contributed by atoms with van der Waals surface area (Å²) in [7, 11) is 1.62. The quantitative estimate of drug-likeness (QED) is 0.495. The van der Waals surface area contributed by atoms with E-state index in [-0.39, 0.29) is 0 Å². The minimum absolute atomic E-state index is 0.514. The van der Waals surface area contributed by atoms with Crippen molar-refractivity contribution in [2.75, 3.05) is 39.9 Å². The van der Waals surface area contributed by atoms with Gasteiger partial charge in [-0.2, -0.15) is 0 Å². The number of rotatable bonds is 9. The van der Waals surface area contributed by atoms with Crippen molar-refractivity contribution in [3.05, 3.63) is 22.7 Å². The molecule has 6 nitrogen and oxygen atoms in total. The second-order valence-corrected chi connectivity index (χ2v) is 6.95. The van der Waals surface area contributed by atoms with Crippen LogP contribution >= 0.6 is 11.6 Å². The fourth-order valence-electron chi connectivity index (χ4n) is 3.42. The van der Waals surface area contributed by atoms with Crippen LogP contribution in [0.3, 0.4) is 0 Å². The van der Waals surface area contributed by atoms with E-state index in [1.807, 2.05) is 19.1 Å². The van der Waals surface area contributed by atoms with E-state index in [1.165, 1.54) is 19.4 Å². The molecule has 1 heterocycles. The van der Waals surface area contributed by atoms with Gasteiger partial charge in [-0.25, -0.2) is 4.99 Å². The standard InChI is InChI=1S/C20H33ClN4O2/c1-5-22-20(24-14-16-9-8-10-25(16)6-2)23-13-15-11-17(21)19(27-7-3)18(12-15)26-4/h11-12,16H,5-10,13-14H2,1-4H3,(H2,22,23,24). The maximum atomic E-state index is 6.36. The van der Waals surface area contributed by atoms with Gasteiger partial charge in [-0.1, -0.05) is 18.5 Å². The van der Waals surface area contributed by atoms with Crippen molar-refractivity contribution in [2.24, 2.45) is 4.99 Å². The van der Waals surface area contributed by atoms with Gasteiger partial charge in [0.15, 0.2) is 17.5 Å². The van der Waals surface area contributed by atoms with E-state index in [2.05, 4.69) is 29.4 Å². The number of halogens is 1. The molecule has 0 radical (unpaired) electrons. The fourth-order valence-corrected chi connectivity index (χ4v) is 3.71. The van der Waals surface area contributed by atoms with E-state index in [0.29, 0.717) is 35.7 Å². The number of hydrogen-bond donors (Lipinski definition) is 2. The van der Waals surface area contributed by atoms with Gasteiger partial charge < -0.3 is 20.1 Å². The van der Waals surface area contributed by atoms with Crippen molar-refractivity contribution in [3.8, 4) is 11.5 Å². The molecule has 1 atom stereocenters. The minimum Gasteiger partial charge on any atom is -0.493 e. The number of nitrogens with one attached hydrogen (secondary N) is 2. The summed E-state index contributed by atoms with van der Waals surface area (Å²) in [6.45, 7) is 11.3. The number of hydrogen-bond acceptors (Lipinski definition) is 4. The second kappa shape index (κ2) is 11.2. The number of methoxy groups -OCH3 is 1. The molecule has 1 aromatic carbocycles. The van der Waals surface area contributed by atoms with Gasteiger partial charge in [-0.05, 0) is 57.5 Å². The Morgan fingerprint density at radius 1 is 1.30 bits per heavy atom. The van der Waals surface area contributed by atoms with Crippen molar-refractivity contribution < 1.29 is 9.47 Å². The molecular weight excluding hydrogens is 364 g/mol. The van der Waals surface area contributed by atoms with Crippen LogP contribution in [0.2, 0.25) is 5.02 Å². The van der Waals surface area contributed by atoms with Gasteiger partial charge in [-0.3, -0.25) is 4.90 Å². The number of guanidine groups is 1. The van der Waals surface area contributed by atoms with Crippen LogP contribution in [0.1, 0.15) is 39.2 Å². The zero-order valence-electron chi connectivity index (χ0n) is 17.0.